The molecule has 3 N–H and O–H groups in total. The molecule has 2 amide bonds. The van der Waals surface area contributed by atoms with Gasteiger partial charge >= 0.3 is 12.0 Å². The molecule has 2 atom stereocenters. The maximum atomic E-state index is 12.1. The third-order valence-electron chi connectivity index (χ3n) is 3.38. The minimum absolute atomic E-state index is 0.0744. The standard InChI is InChI=1S/C15H24N2O3S/c1-4-7-11(12-8-6-10-21-12)16-14(20)17-15(3,9-5-2)13(18)19/h6,8,10-11H,4-5,7,9H2,1-3H3,(H,18,19)(H2,16,17,20). The Hall–Kier alpha value is -1.56. The fourth-order valence-corrected chi connectivity index (χ4v) is 3.04. The molecule has 0 radical (unpaired) electrons. The van der Waals surface area contributed by atoms with Crippen molar-refractivity contribution in [3.8, 4) is 0 Å². The number of aliphatic carboxylic acids is 1. The van der Waals surface area contributed by atoms with Crippen molar-refractivity contribution in [1.82, 2.24) is 10.6 Å². The summed E-state index contributed by atoms with van der Waals surface area (Å²) in [5.74, 6) is -1.01. The first-order valence-electron chi connectivity index (χ1n) is 7.28. The van der Waals surface area contributed by atoms with Crippen LogP contribution in [-0.4, -0.2) is 22.6 Å². The molecule has 0 aliphatic rings. The molecule has 118 valence electrons. The maximum absolute atomic E-state index is 12.1. The molecule has 2 unspecified atom stereocenters. The lowest BCUT2D eigenvalue weighted by Crippen LogP contribution is -2.55. The van der Waals surface area contributed by atoms with Crippen molar-refractivity contribution in [2.75, 3.05) is 0 Å². The summed E-state index contributed by atoms with van der Waals surface area (Å²) in [5, 5.41) is 16.7. The van der Waals surface area contributed by atoms with Crippen LogP contribution in [0.3, 0.4) is 0 Å². The predicted molar refractivity (Wildman–Crippen MR) is 84.6 cm³/mol. The first-order chi connectivity index (χ1) is 9.92. The van der Waals surface area contributed by atoms with Crippen molar-refractivity contribution in [2.24, 2.45) is 0 Å². The van der Waals surface area contributed by atoms with Crippen LogP contribution < -0.4 is 10.6 Å². The van der Waals surface area contributed by atoms with E-state index in [-0.39, 0.29) is 6.04 Å². The van der Waals surface area contributed by atoms with Gasteiger partial charge in [-0.2, -0.15) is 0 Å². The number of thiophene rings is 1. The summed E-state index contributed by atoms with van der Waals surface area (Å²) in [6.45, 7) is 5.49. The van der Waals surface area contributed by atoms with E-state index >= 15 is 0 Å². The molecular formula is C15H24N2O3S. The number of hydrogen-bond acceptors (Lipinski definition) is 3. The van der Waals surface area contributed by atoms with Gasteiger partial charge in [0.2, 0.25) is 0 Å². The quantitative estimate of drug-likeness (QED) is 0.687. The molecule has 0 bridgehead atoms. The molecule has 1 aromatic rings. The van der Waals surface area contributed by atoms with E-state index in [9.17, 15) is 14.7 Å². The van der Waals surface area contributed by atoms with Crippen LogP contribution in [0.1, 0.15) is 57.4 Å². The fourth-order valence-electron chi connectivity index (χ4n) is 2.23. The second kappa shape index (κ2) is 8.02. The minimum Gasteiger partial charge on any atom is -0.480 e. The molecule has 6 heteroatoms. The molecule has 0 aliphatic carbocycles. The second-order valence-electron chi connectivity index (χ2n) is 5.34. The van der Waals surface area contributed by atoms with Gasteiger partial charge in [0.1, 0.15) is 5.54 Å². The Balaban J connectivity index is 2.71. The molecule has 0 aliphatic heterocycles. The number of carboxylic acid groups (broad SMARTS) is 1. The smallest absolute Gasteiger partial charge is 0.329 e. The Morgan fingerprint density at radius 2 is 2.10 bits per heavy atom. The SMILES string of the molecule is CCCC(NC(=O)NC(C)(CCC)C(=O)O)c1cccs1. The Labute approximate surface area is 129 Å². The van der Waals surface area contributed by atoms with E-state index in [1.807, 2.05) is 24.4 Å². The highest BCUT2D eigenvalue weighted by atomic mass is 32.1. The van der Waals surface area contributed by atoms with Crippen LogP contribution in [-0.2, 0) is 4.79 Å². The van der Waals surface area contributed by atoms with Crippen molar-refractivity contribution < 1.29 is 14.7 Å². The molecule has 5 nitrogen and oxygen atoms in total. The zero-order chi connectivity index (χ0) is 15.9. The van der Waals surface area contributed by atoms with Gasteiger partial charge in [0.15, 0.2) is 0 Å². The molecule has 21 heavy (non-hydrogen) atoms. The molecule has 0 saturated carbocycles. The Morgan fingerprint density at radius 3 is 2.57 bits per heavy atom. The minimum atomic E-state index is -1.23. The first kappa shape index (κ1) is 17.5. The van der Waals surface area contributed by atoms with E-state index in [4.69, 9.17) is 0 Å². The van der Waals surface area contributed by atoms with E-state index in [1.165, 1.54) is 0 Å². The van der Waals surface area contributed by atoms with Gasteiger partial charge in [-0.25, -0.2) is 9.59 Å². The lowest BCUT2D eigenvalue weighted by Gasteiger charge is -2.27. The lowest BCUT2D eigenvalue weighted by atomic mass is 9.96. The van der Waals surface area contributed by atoms with Crippen LogP contribution in [0.25, 0.3) is 0 Å². The average Bonchev–Trinajstić information content (AvgIpc) is 2.91. The molecule has 0 aromatic carbocycles. The van der Waals surface area contributed by atoms with Crippen LogP contribution >= 0.6 is 11.3 Å². The summed E-state index contributed by atoms with van der Waals surface area (Å²) >= 11 is 1.59. The van der Waals surface area contributed by atoms with Crippen LogP contribution in [0.15, 0.2) is 17.5 Å². The molecule has 1 rings (SSSR count). The van der Waals surface area contributed by atoms with Crippen molar-refractivity contribution in [2.45, 2.75) is 58.0 Å². The van der Waals surface area contributed by atoms with E-state index in [2.05, 4.69) is 17.6 Å². The summed E-state index contributed by atoms with van der Waals surface area (Å²) in [4.78, 5) is 24.6. The van der Waals surface area contributed by atoms with Crippen molar-refractivity contribution in [1.29, 1.82) is 0 Å². The van der Waals surface area contributed by atoms with Crippen LogP contribution in [0.2, 0.25) is 0 Å². The van der Waals surface area contributed by atoms with Gasteiger partial charge in [-0.1, -0.05) is 32.8 Å². The van der Waals surface area contributed by atoms with Crippen LogP contribution in [0, 0.1) is 0 Å². The van der Waals surface area contributed by atoms with E-state index in [1.54, 1.807) is 18.3 Å². The highest BCUT2D eigenvalue weighted by molar-refractivity contribution is 7.10. The van der Waals surface area contributed by atoms with E-state index in [0.29, 0.717) is 12.8 Å². The Morgan fingerprint density at radius 1 is 1.38 bits per heavy atom. The first-order valence-corrected chi connectivity index (χ1v) is 8.16. The fraction of sp³-hybridized carbons (Fsp3) is 0.600. The van der Waals surface area contributed by atoms with Crippen molar-refractivity contribution >= 4 is 23.3 Å². The number of nitrogens with one attached hydrogen (secondary N) is 2. The van der Waals surface area contributed by atoms with Gasteiger partial charge in [0.05, 0.1) is 6.04 Å². The Kier molecular flexibility index (Phi) is 6.68. The highest BCUT2D eigenvalue weighted by Crippen LogP contribution is 2.23. The summed E-state index contributed by atoms with van der Waals surface area (Å²) < 4.78 is 0. The third-order valence-corrected chi connectivity index (χ3v) is 4.37. The summed E-state index contributed by atoms with van der Waals surface area (Å²) in [6.07, 6.45) is 2.85. The third kappa shape index (κ3) is 5.04. The number of carbonyl (C=O) groups is 2. The number of amides is 2. The largest absolute Gasteiger partial charge is 0.480 e. The van der Waals surface area contributed by atoms with Gasteiger partial charge in [-0.3, -0.25) is 0 Å². The number of rotatable bonds is 8. The van der Waals surface area contributed by atoms with E-state index in [0.717, 1.165) is 17.7 Å². The van der Waals surface area contributed by atoms with Gasteiger partial charge in [0.25, 0.3) is 0 Å². The van der Waals surface area contributed by atoms with Crippen molar-refractivity contribution in [3.05, 3.63) is 22.4 Å². The zero-order valence-corrected chi connectivity index (χ0v) is 13.6. The summed E-state index contributed by atoms with van der Waals surface area (Å²) in [5.41, 5.74) is -1.23. The second-order valence-corrected chi connectivity index (χ2v) is 6.32. The number of urea groups is 1. The lowest BCUT2D eigenvalue weighted by molar-refractivity contribution is -0.144. The average molecular weight is 312 g/mol. The molecule has 0 fully saturated rings. The zero-order valence-electron chi connectivity index (χ0n) is 12.8. The number of hydrogen-bond donors (Lipinski definition) is 3. The van der Waals surface area contributed by atoms with Crippen LogP contribution in [0.5, 0.6) is 0 Å². The molecule has 1 heterocycles. The van der Waals surface area contributed by atoms with Crippen LogP contribution in [0.4, 0.5) is 4.79 Å². The molecule has 0 spiro atoms. The van der Waals surface area contributed by atoms with Gasteiger partial charge in [-0.15, -0.1) is 11.3 Å². The van der Waals surface area contributed by atoms with E-state index < -0.39 is 17.5 Å². The molecule has 1 aromatic heterocycles. The summed E-state index contributed by atoms with van der Waals surface area (Å²) in [6, 6.07) is 3.42. The number of carbonyl (C=O) groups excluding carboxylic acids is 1. The highest BCUT2D eigenvalue weighted by Gasteiger charge is 2.34. The van der Waals surface area contributed by atoms with Crippen molar-refractivity contribution in [3.63, 3.8) is 0 Å². The van der Waals surface area contributed by atoms with Gasteiger partial charge < -0.3 is 15.7 Å². The monoisotopic (exact) mass is 312 g/mol. The van der Waals surface area contributed by atoms with Gasteiger partial charge in [0, 0.05) is 4.88 Å². The number of carboxylic acids is 1. The maximum Gasteiger partial charge on any atom is 0.329 e. The molecule has 0 saturated heterocycles. The normalized spacial score (nSPS) is 15.0. The predicted octanol–water partition coefficient (Wildman–Crippen LogP) is 3.53. The Bertz CT molecular complexity index is 461. The van der Waals surface area contributed by atoms with Gasteiger partial charge in [-0.05, 0) is 31.2 Å². The topological polar surface area (TPSA) is 78.4 Å². The molecular weight excluding hydrogens is 288 g/mol. The summed E-state index contributed by atoms with van der Waals surface area (Å²) in [7, 11) is 0.